The van der Waals surface area contributed by atoms with Gasteiger partial charge < -0.3 is 20.1 Å². The molecule has 0 aliphatic carbocycles. The van der Waals surface area contributed by atoms with E-state index >= 15 is 0 Å². The Morgan fingerprint density at radius 1 is 1.44 bits per heavy atom. The number of carbonyl (C=O) groups is 1. The molecule has 2 aliphatic rings. The average molecular weight is 272 g/mol. The fraction of sp³-hybridized carbons (Fsp3) is 0.833. The Kier molecular flexibility index (Phi) is 4.53. The van der Waals surface area contributed by atoms with Crippen molar-refractivity contribution in [1.29, 1.82) is 0 Å². The van der Waals surface area contributed by atoms with Gasteiger partial charge in [0.15, 0.2) is 0 Å². The first-order chi connectivity index (χ1) is 8.59. The monoisotopic (exact) mass is 272 g/mol. The minimum atomic E-state index is -0.298. The van der Waals surface area contributed by atoms with E-state index in [9.17, 15) is 4.79 Å². The number of nitrogens with zero attached hydrogens (tertiary/aromatic N) is 1. The molecular weight excluding hydrogens is 252 g/mol. The third-order valence-electron chi connectivity index (χ3n) is 3.65. The molecule has 18 heavy (non-hydrogen) atoms. The highest BCUT2D eigenvalue weighted by molar-refractivity contribution is 7.80. The van der Waals surface area contributed by atoms with Crippen molar-refractivity contribution in [2.45, 2.75) is 19.4 Å². The molecule has 0 saturated carbocycles. The van der Waals surface area contributed by atoms with Gasteiger partial charge in [-0.2, -0.15) is 0 Å². The Hall–Kier alpha value is -0.720. The van der Waals surface area contributed by atoms with Gasteiger partial charge in [-0.25, -0.2) is 0 Å². The first kappa shape index (κ1) is 13.7. The molecule has 2 fully saturated rings. The summed E-state index contributed by atoms with van der Waals surface area (Å²) in [7, 11) is 0. The van der Waals surface area contributed by atoms with Crippen LogP contribution >= 0.6 is 12.2 Å². The van der Waals surface area contributed by atoms with E-state index < -0.39 is 0 Å². The molecule has 0 aromatic carbocycles. The number of rotatable bonds is 2. The summed E-state index contributed by atoms with van der Waals surface area (Å²) < 4.78 is 10.8. The van der Waals surface area contributed by atoms with E-state index in [1.807, 2.05) is 4.90 Å². The van der Waals surface area contributed by atoms with Gasteiger partial charge in [-0.15, -0.1) is 0 Å². The molecule has 0 radical (unpaired) electrons. The van der Waals surface area contributed by atoms with E-state index in [2.05, 4.69) is 6.92 Å². The van der Waals surface area contributed by atoms with Crippen molar-refractivity contribution in [3.63, 3.8) is 0 Å². The van der Waals surface area contributed by atoms with E-state index in [0.29, 0.717) is 37.9 Å². The van der Waals surface area contributed by atoms with Crippen LogP contribution in [0.1, 0.15) is 13.3 Å². The summed E-state index contributed by atoms with van der Waals surface area (Å²) in [6.45, 7) is 5.02. The molecule has 2 rings (SSSR count). The van der Waals surface area contributed by atoms with Gasteiger partial charge in [0.1, 0.15) is 11.1 Å². The van der Waals surface area contributed by atoms with Crippen molar-refractivity contribution < 1.29 is 14.3 Å². The fourth-order valence-corrected chi connectivity index (χ4v) is 2.65. The second-order valence-electron chi connectivity index (χ2n) is 4.99. The van der Waals surface area contributed by atoms with Gasteiger partial charge >= 0.3 is 0 Å². The Labute approximate surface area is 113 Å². The second kappa shape index (κ2) is 5.95. The maximum Gasteiger partial charge on any atom is 0.226 e. The molecule has 0 bridgehead atoms. The van der Waals surface area contributed by atoms with Gasteiger partial charge in [-0.3, -0.25) is 4.79 Å². The van der Waals surface area contributed by atoms with Gasteiger partial charge in [0.05, 0.1) is 13.2 Å². The molecule has 0 aromatic rings. The number of ether oxygens (including phenoxy) is 2. The maximum atomic E-state index is 12.5. The van der Waals surface area contributed by atoms with Crippen LogP contribution in [0.5, 0.6) is 0 Å². The summed E-state index contributed by atoms with van der Waals surface area (Å²) in [5.41, 5.74) is 5.58. The maximum absolute atomic E-state index is 12.5. The van der Waals surface area contributed by atoms with Crippen molar-refractivity contribution >= 4 is 23.1 Å². The van der Waals surface area contributed by atoms with Crippen LogP contribution in [0.2, 0.25) is 0 Å². The van der Waals surface area contributed by atoms with E-state index in [0.717, 1.165) is 6.42 Å². The van der Waals surface area contributed by atoms with Gasteiger partial charge in [-0.1, -0.05) is 19.1 Å². The number of amides is 1. The van der Waals surface area contributed by atoms with E-state index in [1.54, 1.807) is 0 Å². The van der Waals surface area contributed by atoms with E-state index in [1.165, 1.54) is 0 Å². The third-order valence-corrected chi connectivity index (χ3v) is 3.92. The average Bonchev–Trinajstić information content (AvgIpc) is 2.38. The molecule has 2 saturated heterocycles. The van der Waals surface area contributed by atoms with Crippen LogP contribution in [0.3, 0.4) is 0 Å². The zero-order valence-corrected chi connectivity index (χ0v) is 11.4. The highest BCUT2D eigenvalue weighted by atomic mass is 32.1. The molecule has 1 amide bonds. The lowest BCUT2D eigenvalue weighted by Gasteiger charge is -2.37. The van der Waals surface area contributed by atoms with E-state index in [-0.39, 0.29) is 23.8 Å². The topological polar surface area (TPSA) is 64.8 Å². The van der Waals surface area contributed by atoms with Crippen LogP contribution in [-0.4, -0.2) is 54.8 Å². The van der Waals surface area contributed by atoms with Gasteiger partial charge in [0, 0.05) is 25.7 Å². The predicted molar refractivity (Wildman–Crippen MR) is 71.2 cm³/mol. The number of thiocarbonyl (C=S) groups is 1. The molecule has 3 atom stereocenters. The normalized spacial score (nSPS) is 33.2. The number of nitrogens with two attached hydrogens (primary N) is 1. The van der Waals surface area contributed by atoms with Crippen molar-refractivity contribution in [2.24, 2.45) is 17.6 Å². The minimum absolute atomic E-state index is 0.0591. The fourth-order valence-electron chi connectivity index (χ4n) is 2.50. The zero-order chi connectivity index (χ0) is 13.1. The number of hydrogen-bond donors (Lipinski definition) is 1. The molecule has 0 spiro atoms. The molecular formula is C12H20N2O3S. The number of morpholine rings is 1. The number of hydrogen-bond acceptors (Lipinski definition) is 4. The first-order valence-corrected chi connectivity index (χ1v) is 6.78. The van der Waals surface area contributed by atoms with Crippen LogP contribution in [0.25, 0.3) is 0 Å². The summed E-state index contributed by atoms with van der Waals surface area (Å²) in [6.07, 6.45) is 0.502. The largest absolute Gasteiger partial charge is 0.391 e. The van der Waals surface area contributed by atoms with Crippen LogP contribution in [0, 0.1) is 11.8 Å². The summed E-state index contributed by atoms with van der Waals surface area (Å²) in [5, 5.41) is 0. The molecule has 6 heteroatoms. The molecule has 2 heterocycles. The third kappa shape index (κ3) is 2.99. The van der Waals surface area contributed by atoms with Crippen LogP contribution in [-0.2, 0) is 14.3 Å². The summed E-state index contributed by atoms with van der Waals surface area (Å²) in [6, 6.07) is 0. The molecule has 2 N–H and O–H groups in total. The Bertz CT molecular complexity index is 337. The van der Waals surface area contributed by atoms with Crippen LogP contribution in [0.4, 0.5) is 0 Å². The second-order valence-corrected chi connectivity index (χ2v) is 5.46. The Balaban J connectivity index is 1.97. The molecule has 0 aromatic heterocycles. The lowest BCUT2D eigenvalue weighted by Crippen LogP contribution is -2.52. The zero-order valence-electron chi connectivity index (χ0n) is 10.6. The summed E-state index contributed by atoms with van der Waals surface area (Å²) in [5.74, 6) is 0.525. The lowest BCUT2D eigenvalue weighted by molar-refractivity contribution is -0.146. The van der Waals surface area contributed by atoms with Crippen molar-refractivity contribution in [1.82, 2.24) is 4.90 Å². The van der Waals surface area contributed by atoms with Crippen LogP contribution in [0.15, 0.2) is 0 Å². The lowest BCUT2D eigenvalue weighted by atomic mass is 9.88. The van der Waals surface area contributed by atoms with Crippen LogP contribution < -0.4 is 5.73 Å². The van der Waals surface area contributed by atoms with Crippen molar-refractivity contribution in [2.75, 3.05) is 32.9 Å². The van der Waals surface area contributed by atoms with Crippen molar-refractivity contribution in [3.8, 4) is 0 Å². The quantitative estimate of drug-likeness (QED) is 0.726. The summed E-state index contributed by atoms with van der Waals surface area (Å²) >= 11 is 4.93. The predicted octanol–water partition coefficient (Wildman–Crippen LogP) is 0.173. The van der Waals surface area contributed by atoms with Gasteiger partial charge in [-0.05, 0) is 12.3 Å². The molecule has 5 nitrogen and oxygen atoms in total. The highest BCUT2D eigenvalue weighted by Crippen LogP contribution is 2.24. The summed E-state index contributed by atoms with van der Waals surface area (Å²) in [4.78, 5) is 14.6. The smallest absolute Gasteiger partial charge is 0.226 e. The van der Waals surface area contributed by atoms with E-state index in [4.69, 9.17) is 27.4 Å². The number of carbonyl (C=O) groups excluding carboxylic acids is 1. The minimum Gasteiger partial charge on any atom is -0.391 e. The highest BCUT2D eigenvalue weighted by Gasteiger charge is 2.34. The first-order valence-electron chi connectivity index (χ1n) is 6.37. The van der Waals surface area contributed by atoms with Gasteiger partial charge in [0.2, 0.25) is 5.91 Å². The molecule has 102 valence electrons. The van der Waals surface area contributed by atoms with Gasteiger partial charge in [0.25, 0.3) is 0 Å². The standard InChI is InChI=1S/C12H20N2O3S/c1-8-7-16-4-2-9(8)12(15)14-3-5-17-10(6-14)11(13)18/h8-10H,2-7H2,1H3,(H2,13,18). The van der Waals surface area contributed by atoms with Crippen molar-refractivity contribution in [3.05, 3.63) is 0 Å². The molecule has 2 aliphatic heterocycles. The Morgan fingerprint density at radius 2 is 2.22 bits per heavy atom. The SMILES string of the molecule is CC1COCCC1C(=O)N1CCOC(C(N)=S)C1. The molecule has 3 unspecified atom stereocenters. The Morgan fingerprint density at radius 3 is 2.89 bits per heavy atom.